The summed E-state index contributed by atoms with van der Waals surface area (Å²) in [6, 6.07) is 7.01. The van der Waals surface area contributed by atoms with E-state index in [0.717, 1.165) is 0 Å². The zero-order chi connectivity index (χ0) is 14.0. The van der Waals surface area contributed by atoms with Crippen LogP contribution in [0.15, 0.2) is 36.5 Å². The van der Waals surface area contributed by atoms with Gasteiger partial charge in [-0.25, -0.2) is 9.37 Å². The summed E-state index contributed by atoms with van der Waals surface area (Å²) >= 11 is 5.87. The lowest BCUT2D eigenvalue weighted by Gasteiger charge is -2.17. The molecule has 0 radical (unpaired) electrons. The van der Waals surface area contributed by atoms with Crippen LogP contribution in [0.4, 0.5) is 15.8 Å². The van der Waals surface area contributed by atoms with Crippen LogP contribution in [0.2, 0.25) is 5.15 Å². The third-order valence-electron chi connectivity index (χ3n) is 2.61. The van der Waals surface area contributed by atoms with Crippen LogP contribution in [0.1, 0.15) is 10.4 Å². The van der Waals surface area contributed by atoms with Crippen LogP contribution in [-0.4, -0.2) is 17.9 Å². The standard InChI is InChI=1S/C13H11ClFN3O/c1-18(10-4-2-8(15)3-5-10)13(19)11-6-9(16)7-17-12(11)14/h2-7H,16H2,1H3. The van der Waals surface area contributed by atoms with E-state index in [2.05, 4.69) is 4.98 Å². The molecule has 2 N–H and O–H groups in total. The largest absolute Gasteiger partial charge is 0.397 e. The Morgan fingerprint density at radius 1 is 1.37 bits per heavy atom. The van der Waals surface area contributed by atoms with Crippen LogP contribution in [-0.2, 0) is 0 Å². The van der Waals surface area contributed by atoms with Gasteiger partial charge in [0.25, 0.3) is 5.91 Å². The fraction of sp³-hybridized carbons (Fsp3) is 0.0769. The molecule has 2 aromatic rings. The summed E-state index contributed by atoms with van der Waals surface area (Å²) in [7, 11) is 1.56. The highest BCUT2D eigenvalue weighted by Gasteiger charge is 2.17. The molecule has 19 heavy (non-hydrogen) atoms. The average molecular weight is 280 g/mol. The molecule has 2 rings (SSSR count). The van der Waals surface area contributed by atoms with Crippen molar-refractivity contribution >= 4 is 28.9 Å². The van der Waals surface area contributed by atoms with E-state index in [4.69, 9.17) is 17.3 Å². The predicted octanol–water partition coefficient (Wildman–Crippen LogP) is 2.73. The molecule has 0 fully saturated rings. The molecule has 0 saturated carbocycles. The van der Waals surface area contributed by atoms with Crippen LogP contribution in [0.25, 0.3) is 0 Å². The molecule has 1 amide bonds. The SMILES string of the molecule is CN(C(=O)c1cc(N)cnc1Cl)c1ccc(F)cc1. The topological polar surface area (TPSA) is 59.2 Å². The Bertz CT molecular complexity index is 616. The number of hydrogen-bond donors (Lipinski definition) is 1. The minimum Gasteiger partial charge on any atom is -0.397 e. The van der Waals surface area contributed by atoms with Crippen molar-refractivity contribution in [1.82, 2.24) is 4.98 Å². The molecule has 1 aromatic carbocycles. The summed E-state index contributed by atoms with van der Waals surface area (Å²) in [6.45, 7) is 0. The number of nitrogens with two attached hydrogens (primary N) is 1. The third kappa shape index (κ3) is 2.82. The Morgan fingerprint density at radius 2 is 2.00 bits per heavy atom. The number of nitrogens with zero attached hydrogens (tertiary/aromatic N) is 2. The van der Waals surface area contributed by atoms with E-state index in [1.54, 1.807) is 7.05 Å². The average Bonchev–Trinajstić information content (AvgIpc) is 2.41. The molecule has 0 aliphatic carbocycles. The van der Waals surface area contributed by atoms with E-state index in [1.165, 1.54) is 41.4 Å². The first-order chi connectivity index (χ1) is 8.99. The first-order valence-electron chi connectivity index (χ1n) is 5.43. The Hall–Kier alpha value is -2.14. The Morgan fingerprint density at radius 3 is 2.63 bits per heavy atom. The molecular weight excluding hydrogens is 269 g/mol. The third-order valence-corrected chi connectivity index (χ3v) is 2.91. The molecule has 6 heteroatoms. The number of anilines is 2. The number of halogens is 2. The molecule has 0 bridgehead atoms. The van der Waals surface area contributed by atoms with Crippen molar-refractivity contribution in [3.63, 3.8) is 0 Å². The monoisotopic (exact) mass is 279 g/mol. The fourth-order valence-electron chi connectivity index (χ4n) is 1.58. The number of amides is 1. The highest BCUT2D eigenvalue weighted by molar-refractivity contribution is 6.33. The van der Waals surface area contributed by atoms with E-state index in [-0.39, 0.29) is 22.4 Å². The maximum Gasteiger partial charge on any atom is 0.261 e. The van der Waals surface area contributed by atoms with Crippen molar-refractivity contribution in [2.24, 2.45) is 0 Å². The molecule has 0 atom stereocenters. The van der Waals surface area contributed by atoms with Gasteiger partial charge in [-0.1, -0.05) is 11.6 Å². The van der Waals surface area contributed by atoms with E-state index in [9.17, 15) is 9.18 Å². The number of aromatic nitrogens is 1. The molecule has 0 unspecified atom stereocenters. The molecular formula is C13H11ClFN3O. The van der Waals surface area contributed by atoms with E-state index < -0.39 is 0 Å². The van der Waals surface area contributed by atoms with Crippen molar-refractivity contribution in [3.05, 3.63) is 53.1 Å². The molecule has 0 aliphatic heterocycles. The molecule has 0 spiro atoms. The number of carbonyl (C=O) groups is 1. The summed E-state index contributed by atoms with van der Waals surface area (Å²) < 4.78 is 12.8. The summed E-state index contributed by atoms with van der Waals surface area (Å²) in [4.78, 5) is 17.4. The van der Waals surface area contributed by atoms with Crippen LogP contribution >= 0.6 is 11.6 Å². The zero-order valence-electron chi connectivity index (χ0n) is 10.1. The minimum atomic E-state index is -0.367. The van der Waals surface area contributed by atoms with Gasteiger partial charge < -0.3 is 10.6 Å². The Labute approximate surface area is 114 Å². The second-order valence-electron chi connectivity index (χ2n) is 3.95. The van der Waals surface area contributed by atoms with Crippen LogP contribution < -0.4 is 10.6 Å². The second kappa shape index (κ2) is 5.24. The van der Waals surface area contributed by atoms with Gasteiger partial charge in [0.1, 0.15) is 11.0 Å². The van der Waals surface area contributed by atoms with Gasteiger partial charge in [-0.05, 0) is 30.3 Å². The summed E-state index contributed by atoms with van der Waals surface area (Å²) in [5.74, 6) is -0.732. The molecule has 0 aliphatic rings. The van der Waals surface area contributed by atoms with Gasteiger partial charge in [-0.2, -0.15) is 0 Å². The van der Waals surface area contributed by atoms with Gasteiger partial charge in [0, 0.05) is 12.7 Å². The van der Waals surface area contributed by atoms with E-state index in [1.807, 2.05) is 0 Å². The highest BCUT2D eigenvalue weighted by atomic mass is 35.5. The fourth-order valence-corrected chi connectivity index (χ4v) is 1.76. The lowest BCUT2D eigenvalue weighted by molar-refractivity contribution is 0.0993. The Kier molecular flexibility index (Phi) is 3.66. The normalized spacial score (nSPS) is 10.3. The first-order valence-corrected chi connectivity index (χ1v) is 5.81. The zero-order valence-corrected chi connectivity index (χ0v) is 10.9. The predicted molar refractivity (Wildman–Crippen MR) is 72.8 cm³/mol. The number of pyridine rings is 1. The molecule has 0 saturated heterocycles. The Balaban J connectivity index is 2.33. The van der Waals surface area contributed by atoms with Crippen molar-refractivity contribution in [1.29, 1.82) is 0 Å². The first kappa shape index (κ1) is 13.3. The van der Waals surface area contributed by atoms with Gasteiger partial charge in [0.15, 0.2) is 0 Å². The summed E-state index contributed by atoms with van der Waals surface area (Å²) in [5, 5.41) is 0.0770. The molecule has 1 aromatic heterocycles. The van der Waals surface area contributed by atoms with Crippen molar-refractivity contribution < 1.29 is 9.18 Å². The highest BCUT2D eigenvalue weighted by Crippen LogP contribution is 2.21. The van der Waals surface area contributed by atoms with Gasteiger partial charge in [0.2, 0.25) is 0 Å². The van der Waals surface area contributed by atoms with E-state index >= 15 is 0 Å². The van der Waals surface area contributed by atoms with Gasteiger partial charge in [-0.3, -0.25) is 4.79 Å². The number of nitrogen functional groups attached to an aromatic ring is 1. The molecule has 1 heterocycles. The quantitative estimate of drug-likeness (QED) is 0.860. The van der Waals surface area contributed by atoms with E-state index in [0.29, 0.717) is 11.4 Å². The maximum atomic E-state index is 12.8. The lowest BCUT2D eigenvalue weighted by Crippen LogP contribution is -2.26. The number of hydrogen-bond acceptors (Lipinski definition) is 3. The van der Waals surface area contributed by atoms with Crippen molar-refractivity contribution in [3.8, 4) is 0 Å². The van der Waals surface area contributed by atoms with Crippen molar-refractivity contribution in [2.45, 2.75) is 0 Å². The summed E-state index contributed by atoms with van der Waals surface area (Å²) in [5.41, 5.74) is 6.68. The smallest absolute Gasteiger partial charge is 0.261 e. The molecule has 98 valence electrons. The minimum absolute atomic E-state index is 0.0770. The van der Waals surface area contributed by atoms with Gasteiger partial charge in [0.05, 0.1) is 17.4 Å². The van der Waals surface area contributed by atoms with Gasteiger partial charge in [-0.15, -0.1) is 0 Å². The van der Waals surface area contributed by atoms with Crippen LogP contribution in [0.5, 0.6) is 0 Å². The maximum absolute atomic E-state index is 12.8. The van der Waals surface area contributed by atoms with Crippen LogP contribution in [0, 0.1) is 5.82 Å². The van der Waals surface area contributed by atoms with Crippen molar-refractivity contribution in [2.75, 3.05) is 17.7 Å². The molecule has 4 nitrogen and oxygen atoms in total. The number of carbonyl (C=O) groups excluding carboxylic acids is 1. The van der Waals surface area contributed by atoms with Crippen LogP contribution in [0.3, 0.4) is 0 Å². The second-order valence-corrected chi connectivity index (χ2v) is 4.31. The van der Waals surface area contributed by atoms with Gasteiger partial charge >= 0.3 is 0 Å². The lowest BCUT2D eigenvalue weighted by atomic mass is 10.2. The summed E-state index contributed by atoms with van der Waals surface area (Å²) in [6.07, 6.45) is 1.37. The number of benzene rings is 1. The number of rotatable bonds is 2.